The third-order valence-corrected chi connectivity index (χ3v) is 4.46. The number of hydrogen-bond acceptors (Lipinski definition) is 2. The van der Waals surface area contributed by atoms with Crippen molar-refractivity contribution < 1.29 is 0 Å². The van der Waals surface area contributed by atoms with E-state index in [1.807, 2.05) is 0 Å². The number of nitrogens with zero attached hydrogens (tertiary/aromatic N) is 2. The fourth-order valence-corrected chi connectivity index (χ4v) is 3.35. The summed E-state index contributed by atoms with van der Waals surface area (Å²) >= 11 is 0. The Balaban J connectivity index is 1.97. The second kappa shape index (κ2) is 5.01. The van der Waals surface area contributed by atoms with Crippen LogP contribution < -0.4 is 5.32 Å². The third-order valence-electron chi connectivity index (χ3n) is 4.46. The van der Waals surface area contributed by atoms with Gasteiger partial charge in [0, 0.05) is 17.6 Å². The molecule has 1 N–H and O–H groups in total. The molecule has 0 saturated carbocycles. The maximum absolute atomic E-state index is 4.94. The molecule has 3 nitrogen and oxygen atoms in total. The Morgan fingerprint density at radius 2 is 1.81 bits per heavy atom. The van der Waals surface area contributed by atoms with Gasteiger partial charge >= 0.3 is 0 Å². The summed E-state index contributed by atoms with van der Waals surface area (Å²) in [5.74, 6) is 1.65. The molecule has 0 spiro atoms. The van der Waals surface area contributed by atoms with Crippen molar-refractivity contribution in [3.05, 3.63) is 60.4 Å². The number of nitrogens with one attached hydrogen (secondary N) is 1. The molecular weight excluding hydrogens is 258 g/mol. The smallest absolute Gasteiger partial charge is 0.119 e. The second-order valence-electron chi connectivity index (χ2n) is 5.77. The average Bonchev–Trinajstić information content (AvgIpc) is 3.11. The normalized spacial score (nSPS) is 22.0. The lowest BCUT2D eigenvalue weighted by atomic mass is 10.0. The fourth-order valence-electron chi connectivity index (χ4n) is 3.35. The molecule has 1 aliphatic rings. The number of rotatable bonds is 2. The fraction of sp³-hybridized carbons (Fsp3) is 0.278. The van der Waals surface area contributed by atoms with Crippen molar-refractivity contribution in [2.45, 2.75) is 25.3 Å². The number of benzene rings is 2. The first-order valence-corrected chi connectivity index (χ1v) is 7.61. The second-order valence-corrected chi connectivity index (χ2v) is 5.77. The van der Waals surface area contributed by atoms with Gasteiger partial charge in [-0.25, -0.2) is 4.98 Å². The number of fused-ring (bicyclic) bond motifs is 1. The minimum absolute atomic E-state index is 0.470. The van der Waals surface area contributed by atoms with E-state index in [4.69, 9.17) is 4.98 Å². The van der Waals surface area contributed by atoms with Crippen molar-refractivity contribution in [3.63, 3.8) is 0 Å². The monoisotopic (exact) mass is 277 g/mol. The van der Waals surface area contributed by atoms with Crippen LogP contribution in [-0.2, 0) is 0 Å². The van der Waals surface area contributed by atoms with Crippen LogP contribution in [0.2, 0.25) is 0 Å². The summed E-state index contributed by atoms with van der Waals surface area (Å²) in [7, 11) is 0. The summed E-state index contributed by atoms with van der Waals surface area (Å²) in [5.41, 5.74) is 3.47. The van der Waals surface area contributed by atoms with Gasteiger partial charge in [-0.1, -0.05) is 30.3 Å². The van der Waals surface area contributed by atoms with Crippen LogP contribution in [0, 0.1) is 0 Å². The Labute approximate surface area is 124 Å². The zero-order valence-electron chi connectivity index (χ0n) is 12.2. The summed E-state index contributed by atoms with van der Waals surface area (Å²) < 4.78 is 2.32. The van der Waals surface area contributed by atoms with Gasteiger partial charge in [-0.15, -0.1) is 0 Å². The molecule has 0 aliphatic carbocycles. The largest absolute Gasteiger partial charge is 0.314 e. The van der Waals surface area contributed by atoms with E-state index in [0.717, 1.165) is 18.5 Å². The van der Waals surface area contributed by atoms with Gasteiger partial charge < -0.3 is 5.32 Å². The molecule has 1 aliphatic heterocycles. The van der Waals surface area contributed by atoms with E-state index in [9.17, 15) is 0 Å². The van der Waals surface area contributed by atoms with E-state index in [1.165, 1.54) is 17.0 Å². The standard InChI is InChI=1S/C18H19N3/c1-13-15(11-12-19-13)18-20-16-9-5-6-10-17(16)21(18)14-7-3-2-4-8-14/h2-10,13,15,19H,11-12H2,1H3. The summed E-state index contributed by atoms with van der Waals surface area (Å²) in [6.07, 6.45) is 1.15. The van der Waals surface area contributed by atoms with Crippen LogP contribution in [0.5, 0.6) is 0 Å². The van der Waals surface area contributed by atoms with Crippen molar-refractivity contribution in [1.82, 2.24) is 14.9 Å². The van der Waals surface area contributed by atoms with Crippen molar-refractivity contribution >= 4 is 11.0 Å². The summed E-state index contributed by atoms with van der Waals surface area (Å²) in [5, 5.41) is 3.54. The third kappa shape index (κ3) is 2.05. The molecule has 2 heterocycles. The molecule has 2 aromatic carbocycles. The zero-order chi connectivity index (χ0) is 14.2. The van der Waals surface area contributed by atoms with Gasteiger partial charge in [-0.2, -0.15) is 0 Å². The van der Waals surface area contributed by atoms with Gasteiger partial charge in [0.2, 0.25) is 0 Å². The molecule has 0 radical (unpaired) electrons. The van der Waals surface area contributed by atoms with Crippen LogP contribution in [0.25, 0.3) is 16.7 Å². The van der Waals surface area contributed by atoms with Crippen LogP contribution in [0.3, 0.4) is 0 Å². The summed E-state index contributed by atoms with van der Waals surface area (Å²) in [4.78, 5) is 4.94. The first kappa shape index (κ1) is 12.6. The van der Waals surface area contributed by atoms with Crippen molar-refractivity contribution in [1.29, 1.82) is 0 Å². The Hall–Kier alpha value is -2.13. The SMILES string of the molecule is CC1NCCC1c1nc2ccccc2n1-c1ccccc1. The Kier molecular flexibility index (Phi) is 3.00. The lowest BCUT2D eigenvalue weighted by Gasteiger charge is -2.17. The van der Waals surface area contributed by atoms with Crippen LogP contribution in [0.4, 0.5) is 0 Å². The van der Waals surface area contributed by atoms with Crippen LogP contribution in [0.15, 0.2) is 54.6 Å². The zero-order valence-corrected chi connectivity index (χ0v) is 12.2. The minimum atomic E-state index is 0.470. The molecule has 1 aromatic heterocycles. The first-order valence-electron chi connectivity index (χ1n) is 7.61. The molecule has 2 atom stereocenters. The highest BCUT2D eigenvalue weighted by Gasteiger charge is 2.29. The van der Waals surface area contributed by atoms with Crippen LogP contribution >= 0.6 is 0 Å². The molecule has 3 heteroatoms. The van der Waals surface area contributed by atoms with Crippen LogP contribution in [-0.4, -0.2) is 22.1 Å². The predicted molar refractivity (Wildman–Crippen MR) is 85.9 cm³/mol. The van der Waals surface area contributed by atoms with E-state index in [1.54, 1.807) is 0 Å². The predicted octanol–water partition coefficient (Wildman–Crippen LogP) is 3.49. The summed E-state index contributed by atoms with van der Waals surface area (Å²) in [6.45, 7) is 3.33. The highest BCUT2D eigenvalue weighted by Crippen LogP contribution is 2.32. The Morgan fingerprint density at radius 1 is 1.05 bits per heavy atom. The maximum atomic E-state index is 4.94. The molecule has 4 rings (SSSR count). The molecule has 21 heavy (non-hydrogen) atoms. The van der Waals surface area contributed by atoms with Crippen LogP contribution in [0.1, 0.15) is 25.1 Å². The molecular formula is C18H19N3. The van der Waals surface area contributed by atoms with Gasteiger partial charge in [-0.3, -0.25) is 4.57 Å². The van der Waals surface area contributed by atoms with Gasteiger partial charge in [0.15, 0.2) is 0 Å². The lowest BCUT2D eigenvalue weighted by molar-refractivity contribution is 0.564. The Bertz CT molecular complexity index is 760. The molecule has 0 amide bonds. The highest BCUT2D eigenvalue weighted by atomic mass is 15.1. The van der Waals surface area contributed by atoms with E-state index < -0.39 is 0 Å². The van der Waals surface area contributed by atoms with Gasteiger partial charge in [0.05, 0.1) is 11.0 Å². The minimum Gasteiger partial charge on any atom is -0.314 e. The topological polar surface area (TPSA) is 29.9 Å². The average molecular weight is 277 g/mol. The Morgan fingerprint density at radius 3 is 2.57 bits per heavy atom. The van der Waals surface area contributed by atoms with Gasteiger partial charge in [0.25, 0.3) is 0 Å². The molecule has 2 unspecified atom stereocenters. The van der Waals surface area contributed by atoms with Gasteiger partial charge in [0.1, 0.15) is 5.82 Å². The van der Waals surface area contributed by atoms with Gasteiger partial charge in [-0.05, 0) is 44.2 Å². The van der Waals surface area contributed by atoms with Crippen molar-refractivity contribution in [2.24, 2.45) is 0 Å². The van der Waals surface area contributed by atoms with Crippen molar-refractivity contribution in [3.8, 4) is 5.69 Å². The lowest BCUT2D eigenvalue weighted by Crippen LogP contribution is -2.23. The number of aromatic nitrogens is 2. The summed E-state index contributed by atoms with van der Waals surface area (Å²) in [6, 6.07) is 19.4. The van der Waals surface area contributed by atoms with E-state index >= 15 is 0 Å². The highest BCUT2D eigenvalue weighted by molar-refractivity contribution is 5.78. The number of imidazole rings is 1. The van der Waals surface area contributed by atoms with E-state index in [0.29, 0.717) is 12.0 Å². The molecule has 3 aromatic rings. The molecule has 0 bridgehead atoms. The number of hydrogen-bond donors (Lipinski definition) is 1. The first-order chi connectivity index (χ1) is 10.3. The number of para-hydroxylation sites is 3. The maximum Gasteiger partial charge on any atom is 0.119 e. The quantitative estimate of drug-likeness (QED) is 0.777. The van der Waals surface area contributed by atoms with E-state index in [2.05, 4.69) is 71.4 Å². The molecule has 1 fully saturated rings. The molecule has 106 valence electrons. The van der Waals surface area contributed by atoms with Crippen molar-refractivity contribution in [2.75, 3.05) is 6.54 Å². The van der Waals surface area contributed by atoms with E-state index in [-0.39, 0.29) is 0 Å². The molecule has 1 saturated heterocycles.